The van der Waals surface area contributed by atoms with Crippen molar-refractivity contribution in [3.05, 3.63) is 69.7 Å². The molecule has 3 aromatic rings. The first-order valence-electron chi connectivity index (χ1n) is 10.2. The molecule has 0 aliphatic carbocycles. The van der Waals surface area contributed by atoms with Crippen molar-refractivity contribution in [2.24, 2.45) is 0 Å². The van der Waals surface area contributed by atoms with E-state index in [1.807, 2.05) is 18.2 Å². The number of hydrogen-bond donors (Lipinski definition) is 2. The zero-order valence-corrected chi connectivity index (χ0v) is 17.2. The third kappa shape index (κ3) is 4.68. The second kappa shape index (κ2) is 8.76. The van der Waals surface area contributed by atoms with Crippen molar-refractivity contribution in [2.45, 2.75) is 25.0 Å². The van der Waals surface area contributed by atoms with Crippen LogP contribution in [-0.2, 0) is 11.2 Å². The van der Waals surface area contributed by atoms with Gasteiger partial charge in [-0.2, -0.15) is 5.26 Å². The summed E-state index contributed by atoms with van der Waals surface area (Å²) in [6, 6.07) is 14.4. The molecule has 1 unspecified atom stereocenters. The number of aliphatic hydroxyl groups excluding tert-OH is 1. The average molecular weight is 420 g/mol. The van der Waals surface area contributed by atoms with Gasteiger partial charge in [-0.05, 0) is 41.8 Å². The maximum absolute atomic E-state index is 13.2. The molecular formula is C23H24N4O4. The smallest absolute Gasteiger partial charge is 0.408 e. The number of benzene rings is 2. The van der Waals surface area contributed by atoms with Gasteiger partial charge in [0.15, 0.2) is 5.58 Å². The molecule has 1 saturated heterocycles. The number of nitrogens with one attached hydrogen (secondary N) is 1. The highest BCUT2D eigenvalue weighted by Gasteiger charge is 2.28. The lowest BCUT2D eigenvalue weighted by molar-refractivity contribution is -0.131. The number of likely N-dealkylation sites (N-methyl/N-ethyl adjacent to an activating group) is 1. The number of carbonyl (C=O) groups is 1. The van der Waals surface area contributed by atoms with Crippen LogP contribution in [0.2, 0.25) is 0 Å². The Labute approximate surface area is 179 Å². The normalized spacial score (nSPS) is 17.5. The van der Waals surface area contributed by atoms with E-state index in [1.54, 1.807) is 36.2 Å². The number of carbonyl (C=O) groups excluding carboxylic acids is 1. The number of β-amino-alcohol motifs (C(OH)–C–C–N with tert-alkyl or cyclic N) is 1. The number of aliphatic hydroxyl groups is 1. The molecule has 1 aromatic heterocycles. The van der Waals surface area contributed by atoms with Crippen molar-refractivity contribution >= 4 is 17.0 Å². The van der Waals surface area contributed by atoms with Gasteiger partial charge in [-0.3, -0.25) is 14.7 Å². The Hall–Kier alpha value is -3.41. The van der Waals surface area contributed by atoms with Crippen LogP contribution in [0.1, 0.15) is 29.2 Å². The second-order valence-electron chi connectivity index (χ2n) is 7.98. The van der Waals surface area contributed by atoms with E-state index in [-0.39, 0.29) is 24.5 Å². The molecule has 2 atom stereocenters. The van der Waals surface area contributed by atoms with Crippen LogP contribution in [0.4, 0.5) is 0 Å². The zero-order chi connectivity index (χ0) is 22.0. The predicted molar refractivity (Wildman–Crippen MR) is 114 cm³/mol. The number of oxazole rings is 1. The monoisotopic (exact) mass is 420 g/mol. The van der Waals surface area contributed by atoms with Gasteiger partial charge >= 0.3 is 5.76 Å². The summed E-state index contributed by atoms with van der Waals surface area (Å²) in [7, 11) is 1.76. The van der Waals surface area contributed by atoms with Crippen molar-refractivity contribution in [3.63, 3.8) is 0 Å². The van der Waals surface area contributed by atoms with E-state index in [1.165, 1.54) is 0 Å². The van der Waals surface area contributed by atoms with E-state index in [9.17, 15) is 20.0 Å². The summed E-state index contributed by atoms with van der Waals surface area (Å²) in [5.41, 5.74) is 3.20. The Morgan fingerprint density at radius 1 is 1.39 bits per heavy atom. The Morgan fingerprint density at radius 3 is 2.97 bits per heavy atom. The number of H-pyrrole nitrogens is 1. The first kappa shape index (κ1) is 20.8. The standard InChI is InChI=1S/C23H24N4O4/c1-26(22(29)11-15-5-6-21-19(10-15)25-23(30)31-21)20(14-27-8-7-18(28)13-27)17-4-2-3-16(9-17)12-24/h2-6,9-10,18,20,28H,7-8,11,13-14H2,1H3,(H,25,30)/t18-,20?/m0/s1. The number of hydrogen-bond acceptors (Lipinski definition) is 6. The molecule has 8 heteroatoms. The molecule has 31 heavy (non-hydrogen) atoms. The molecule has 1 amide bonds. The van der Waals surface area contributed by atoms with Crippen molar-refractivity contribution in [2.75, 3.05) is 26.7 Å². The van der Waals surface area contributed by atoms with Crippen molar-refractivity contribution in [1.29, 1.82) is 5.26 Å². The molecule has 2 aromatic carbocycles. The summed E-state index contributed by atoms with van der Waals surface area (Å²) in [4.78, 5) is 31.0. The van der Waals surface area contributed by atoms with Gasteiger partial charge in [0, 0.05) is 26.7 Å². The number of likely N-dealkylation sites (tertiary alicyclic amines) is 1. The number of rotatable bonds is 6. The van der Waals surface area contributed by atoms with Crippen LogP contribution in [0.15, 0.2) is 51.7 Å². The molecule has 2 heterocycles. The van der Waals surface area contributed by atoms with Gasteiger partial charge in [0.2, 0.25) is 5.91 Å². The van der Waals surface area contributed by atoms with E-state index in [0.717, 1.165) is 17.7 Å². The number of nitrogens with zero attached hydrogens (tertiary/aromatic N) is 3. The van der Waals surface area contributed by atoms with E-state index in [2.05, 4.69) is 16.0 Å². The number of fused-ring (bicyclic) bond motifs is 1. The fraction of sp³-hybridized carbons (Fsp3) is 0.348. The first-order valence-corrected chi connectivity index (χ1v) is 10.2. The molecule has 0 saturated carbocycles. The molecule has 0 spiro atoms. The van der Waals surface area contributed by atoms with Gasteiger partial charge < -0.3 is 14.4 Å². The molecule has 1 fully saturated rings. The van der Waals surface area contributed by atoms with Crippen molar-refractivity contribution in [3.8, 4) is 6.07 Å². The summed E-state index contributed by atoms with van der Waals surface area (Å²) in [5.74, 6) is -0.613. The van der Waals surface area contributed by atoms with E-state index < -0.39 is 5.76 Å². The number of nitriles is 1. The minimum Gasteiger partial charge on any atom is -0.408 e. The summed E-state index contributed by atoms with van der Waals surface area (Å²) in [5, 5.41) is 19.2. The zero-order valence-electron chi connectivity index (χ0n) is 17.2. The van der Waals surface area contributed by atoms with Crippen LogP contribution in [0.25, 0.3) is 11.1 Å². The molecular weight excluding hydrogens is 396 g/mol. The van der Waals surface area contributed by atoms with Crippen molar-refractivity contribution < 1.29 is 14.3 Å². The Bertz CT molecular complexity index is 1190. The quantitative estimate of drug-likeness (QED) is 0.629. The summed E-state index contributed by atoms with van der Waals surface area (Å²) >= 11 is 0. The third-order valence-electron chi connectivity index (χ3n) is 5.78. The molecule has 0 radical (unpaired) electrons. The number of aromatic amines is 1. The minimum atomic E-state index is -0.527. The SMILES string of the molecule is CN(C(=O)Cc1ccc2oc(=O)[nH]c2c1)C(CN1CC[C@H](O)C1)c1cccc(C#N)c1. The highest BCUT2D eigenvalue weighted by molar-refractivity contribution is 5.81. The summed E-state index contributed by atoms with van der Waals surface area (Å²) < 4.78 is 5.02. The highest BCUT2D eigenvalue weighted by Crippen LogP contribution is 2.25. The molecule has 2 N–H and O–H groups in total. The molecule has 4 rings (SSSR count). The topological polar surface area (TPSA) is 114 Å². The molecule has 1 aliphatic heterocycles. The fourth-order valence-electron chi connectivity index (χ4n) is 4.07. The van der Waals surface area contributed by atoms with Gasteiger partial charge in [-0.25, -0.2) is 4.79 Å². The van der Waals surface area contributed by atoms with Crippen LogP contribution < -0.4 is 5.76 Å². The number of aromatic nitrogens is 1. The lowest BCUT2D eigenvalue weighted by Gasteiger charge is -2.32. The summed E-state index contributed by atoms with van der Waals surface area (Å²) in [6.07, 6.45) is 0.526. The van der Waals surface area contributed by atoms with Crippen LogP contribution in [-0.4, -0.2) is 58.6 Å². The largest absolute Gasteiger partial charge is 0.417 e. The average Bonchev–Trinajstić information content (AvgIpc) is 3.35. The van der Waals surface area contributed by atoms with Gasteiger partial charge in [-0.1, -0.05) is 18.2 Å². The summed E-state index contributed by atoms with van der Waals surface area (Å²) in [6.45, 7) is 1.91. The van der Waals surface area contributed by atoms with E-state index in [0.29, 0.717) is 36.2 Å². The number of amides is 1. The van der Waals surface area contributed by atoms with Gasteiger partial charge in [0.05, 0.1) is 35.7 Å². The van der Waals surface area contributed by atoms with Gasteiger partial charge in [-0.15, -0.1) is 0 Å². The van der Waals surface area contributed by atoms with Gasteiger partial charge in [0.25, 0.3) is 0 Å². The third-order valence-corrected chi connectivity index (χ3v) is 5.78. The lowest BCUT2D eigenvalue weighted by Crippen LogP contribution is -2.39. The van der Waals surface area contributed by atoms with Crippen LogP contribution in [0.3, 0.4) is 0 Å². The maximum Gasteiger partial charge on any atom is 0.417 e. The van der Waals surface area contributed by atoms with Crippen LogP contribution in [0.5, 0.6) is 0 Å². The Morgan fingerprint density at radius 2 is 2.23 bits per heavy atom. The van der Waals surface area contributed by atoms with Crippen LogP contribution in [0, 0.1) is 11.3 Å². The van der Waals surface area contributed by atoms with Gasteiger partial charge in [0.1, 0.15) is 0 Å². The highest BCUT2D eigenvalue weighted by atomic mass is 16.4. The fourth-order valence-corrected chi connectivity index (χ4v) is 4.07. The molecule has 160 valence electrons. The first-order chi connectivity index (χ1) is 14.9. The molecule has 1 aliphatic rings. The van der Waals surface area contributed by atoms with Crippen LogP contribution >= 0.6 is 0 Å². The second-order valence-corrected chi connectivity index (χ2v) is 7.98. The maximum atomic E-state index is 13.2. The van der Waals surface area contributed by atoms with Crippen molar-refractivity contribution in [1.82, 2.24) is 14.8 Å². The minimum absolute atomic E-state index is 0.0858. The van der Waals surface area contributed by atoms with E-state index >= 15 is 0 Å². The lowest BCUT2D eigenvalue weighted by atomic mass is 10.0. The molecule has 8 nitrogen and oxygen atoms in total. The Balaban J connectivity index is 1.56. The Kier molecular flexibility index (Phi) is 5.89. The predicted octanol–water partition coefficient (Wildman–Crippen LogP) is 1.80. The van der Waals surface area contributed by atoms with E-state index in [4.69, 9.17) is 4.42 Å². The molecule has 0 bridgehead atoms.